The standard InChI is InChI=1S/C56H37N3/c1-4-14-38(15-5-1)39-24-26-41(27-25-39)51-37-53(57-52-23-13-12-22-48(51)52)43-31-34-49-54(36-43)58-56(50-35-30-40-16-10-11-21-47(40)55(49)50)42-28-32-46(33-29-42)59(44-17-6-2-7-18-44)45-19-8-3-9-20-45/h1-37H. The summed E-state index contributed by atoms with van der Waals surface area (Å²) in [7, 11) is 0. The fourth-order valence-corrected chi connectivity index (χ4v) is 8.56. The van der Waals surface area contributed by atoms with Crippen LogP contribution in [0.3, 0.4) is 0 Å². The molecule has 0 saturated heterocycles. The second-order valence-corrected chi connectivity index (χ2v) is 15.0. The average molecular weight is 752 g/mol. The van der Waals surface area contributed by atoms with Crippen molar-refractivity contribution >= 4 is 60.4 Å². The molecule has 0 bridgehead atoms. The van der Waals surface area contributed by atoms with E-state index in [-0.39, 0.29) is 0 Å². The monoisotopic (exact) mass is 751 g/mol. The van der Waals surface area contributed by atoms with Crippen molar-refractivity contribution < 1.29 is 0 Å². The van der Waals surface area contributed by atoms with Crippen LogP contribution in [0.15, 0.2) is 224 Å². The van der Waals surface area contributed by atoms with Gasteiger partial charge in [0.2, 0.25) is 0 Å². The molecule has 0 amide bonds. The van der Waals surface area contributed by atoms with Crippen LogP contribution in [0.2, 0.25) is 0 Å². The summed E-state index contributed by atoms with van der Waals surface area (Å²) in [5.74, 6) is 0. The molecule has 0 fully saturated rings. The van der Waals surface area contributed by atoms with Gasteiger partial charge in [0.1, 0.15) is 0 Å². The molecule has 0 aliphatic rings. The molecule has 0 unspecified atom stereocenters. The van der Waals surface area contributed by atoms with Crippen LogP contribution in [0.1, 0.15) is 0 Å². The molecule has 0 aliphatic carbocycles. The molecule has 0 saturated carbocycles. The minimum atomic E-state index is 0.917. The minimum Gasteiger partial charge on any atom is -0.311 e. The van der Waals surface area contributed by atoms with Gasteiger partial charge in [0.25, 0.3) is 0 Å². The van der Waals surface area contributed by atoms with E-state index in [2.05, 4.69) is 229 Å². The summed E-state index contributed by atoms with van der Waals surface area (Å²) in [6.45, 7) is 0. The molecule has 0 aliphatic heterocycles. The van der Waals surface area contributed by atoms with E-state index in [1.54, 1.807) is 0 Å². The van der Waals surface area contributed by atoms with Gasteiger partial charge in [-0.15, -0.1) is 0 Å². The number of para-hydroxylation sites is 3. The van der Waals surface area contributed by atoms with Crippen molar-refractivity contribution in [2.45, 2.75) is 0 Å². The van der Waals surface area contributed by atoms with Crippen molar-refractivity contribution in [3.63, 3.8) is 0 Å². The lowest BCUT2D eigenvalue weighted by Gasteiger charge is -2.25. The molecular formula is C56H37N3. The zero-order valence-corrected chi connectivity index (χ0v) is 32.2. The van der Waals surface area contributed by atoms with Crippen molar-refractivity contribution in [2.75, 3.05) is 4.90 Å². The van der Waals surface area contributed by atoms with Gasteiger partial charge in [0, 0.05) is 49.7 Å². The number of aromatic nitrogens is 2. The smallest absolute Gasteiger partial charge is 0.0788 e. The van der Waals surface area contributed by atoms with Crippen LogP contribution >= 0.6 is 0 Å². The average Bonchev–Trinajstić information content (AvgIpc) is 3.32. The molecule has 0 atom stereocenters. The van der Waals surface area contributed by atoms with Gasteiger partial charge >= 0.3 is 0 Å². The normalized spacial score (nSPS) is 11.4. The molecule has 3 heteroatoms. The Morgan fingerprint density at radius 3 is 1.58 bits per heavy atom. The molecule has 59 heavy (non-hydrogen) atoms. The third-order valence-corrected chi connectivity index (χ3v) is 11.4. The van der Waals surface area contributed by atoms with Crippen molar-refractivity contribution in [2.24, 2.45) is 0 Å². The van der Waals surface area contributed by atoms with Crippen molar-refractivity contribution in [3.8, 4) is 44.8 Å². The van der Waals surface area contributed by atoms with E-state index in [0.29, 0.717) is 0 Å². The maximum absolute atomic E-state index is 5.50. The maximum atomic E-state index is 5.50. The number of benzene rings is 9. The van der Waals surface area contributed by atoms with Gasteiger partial charge in [-0.05, 0) is 87.6 Å². The van der Waals surface area contributed by atoms with Crippen molar-refractivity contribution in [1.82, 2.24) is 9.97 Å². The van der Waals surface area contributed by atoms with E-state index in [1.807, 2.05) is 0 Å². The van der Waals surface area contributed by atoms with Gasteiger partial charge in [-0.25, -0.2) is 9.97 Å². The summed E-state index contributed by atoms with van der Waals surface area (Å²) in [6.07, 6.45) is 0. The number of rotatable bonds is 7. The Morgan fingerprint density at radius 2 is 0.847 bits per heavy atom. The fraction of sp³-hybridized carbons (Fsp3) is 0. The number of anilines is 3. The minimum absolute atomic E-state index is 0.917. The molecule has 2 heterocycles. The third kappa shape index (κ3) is 6.26. The molecule has 2 aromatic heterocycles. The lowest BCUT2D eigenvalue weighted by atomic mass is 9.93. The predicted octanol–water partition coefficient (Wildman–Crippen LogP) is 15.2. The number of fused-ring (bicyclic) bond motifs is 6. The number of pyridine rings is 2. The Balaban J connectivity index is 1.06. The van der Waals surface area contributed by atoms with Crippen LogP contribution in [0.25, 0.3) is 88.1 Å². The van der Waals surface area contributed by atoms with Crippen LogP contribution < -0.4 is 4.90 Å². The molecule has 276 valence electrons. The Morgan fingerprint density at radius 1 is 0.305 bits per heavy atom. The number of hydrogen-bond acceptors (Lipinski definition) is 3. The molecule has 11 rings (SSSR count). The summed E-state index contributed by atoms with van der Waals surface area (Å²) in [6, 6.07) is 79.8. The molecule has 11 aromatic rings. The molecular weight excluding hydrogens is 715 g/mol. The zero-order valence-electron chi connectivity index (χ0n) is 32.2. The zero-order chi connectivity index (χ0) is 39.1. The highest BCUT2D eigenvalue weighted by Gasteiger charge is 2.17. The van der Waals surface area contributed by atoms with Crippen LogP contribution in [0.4, 0.5) is 17.1 Å². The summed E-state index contributed by atoms with van der Waals surface area (Å²) >= 11 is 0. The Bertz CT molecular complexity index is 3250. The quantitative estimate of drug-likeness (QED) is 0.152. The van der Waals surface area contributed by atoms with Gasteiger partial charge in [-0.2, -0.15) is 0 Å². The molecule has 0 radical (unpaired) electrons. The van der Waals surface area contributed by atoms with Gasteiger partial charge in [0.05, 0.1) is 22.4 Å². The first-order valence-corrected chi connectivity index (χ1v) is 20.1. The van der Waals surface area contributed by atoms with E-state index in [9.17, 15) is 0 Å². The third-order valence-electron chi connectivity index (χ3n) is 11.4. The van der Waals surface area contributed by atoms with Crippen LogP contribution in [0.5, 0.6) is 0 Å². The lowest BCUT2D eigenvalue weighted by molar-refractivity contribution is 1.28. The van der Waals surface area contributed by atoms with Crippen LogP contribution in [-0.2, 0) is 0 Å². The van der Waals surface area contributed by atoms with Crippen LogP contribution in [0, 0.1) is 0 Å². The van der Waals surface area contributed by atoms with E-state index in [4.69, 9.17) is 9.97 Å². The highest BCUT2D eigenvalue weighted by molar-refractivity contribution is 6.22. The second-order valence-electron chi connectivity index (χ2n) is 15.0. The SMILES string of the molecule is c1ccc(-c2ccc(-c3cc(-c4ccc5c(c4)nc(-c4ccc(N(c6ccccc6)c6ccccc6)cc4)c4ccc6ccccc6c45)nc4ccccc34)cc2)cc1. The first kappa shape index (κ1) is 34.4. The second kappa shape index (κ2) is 14.6. The summed E-state index contributed by atoms with van der Waals surface area (Å²) in [4.78, 5) is 13.0. The predicted molar refractivity (Wildman–Crippen MR) is 248 cm³/mol. The van der Waals surface area contributed by atoms with Crippen molar-refractivity contribution in [1.29, 1.82) is 0 Å². The van der Waals surface area contributed by atoms with Crippen LogP contribution in [-0.4, -0.2) is 9.97 Å². The highest BCUT2D eigenvalue weighted by Crippen LogP contribution is 2.41. The summed E-state index contributed by atoms with van der Waals surface area (Å²) < 4.78 is 0. The number of nitrogens with zero attached hydrogens (tertiary/aromatic N) is 3. The van der Waals surface area contributed by atoms with E-state index in [0.717, 1.165) is 77.9 Å². The van der Waals surface area contributed by atoms with Gasteiger partial charge in [-0.1, -0.05) is 170 Å². The summed E-state index contributed by atoms with van der Waals surface area (Å²) in [5, 5.41) is 7.01. The largest absolute Gasteiger partial charge is 0.311 e. The topological polar surface area (TPSA) is 29.0 Å². The van der Waals surface area contributed by atoms with E-state index >= 15 is 0 Å². The first-order valence-electron chi connectivity index (χ1n) is 20.1. The first-order chi connectivity index (χ1) is 29.2. The van der Waals surface area contributed by atoms with Gasteiger partial charge in [-0.3, -0.25) is 0 Å². The molecule has 3 nitrogen and oxygen atoms in total. The lowest BCUT2D eigenvalue weighted by Crippen LogP contribution is -2.09. The summed E-state index contributed by atoms with van der Waals surface area (Å²) in [5.41, 5.74) is 13.9. The van der Waals surface area contributed by atoms with E-state index in [1.165, 1.54) is 27.3 Å². The molecule has 0 N–H and O–H groups in total. The number of hydrogen-bond donors (Lipinski definition) is 0. The molecule has 9 aromatic carbocycles. The fourth-order valence-electron chi connectivity index (χ4n) is 8.56. The highest BCUT2D eigenvalue weighted by atomic mass is 15.1. The maximum Gasteiger partial charge on any atom is 0.0788 e. The van der Waals surface area contributed by atoms with E-state index < -0.39 is 0 Å². The van der Waals surface area contributed by atoms with Gasteiger partial charge in [0.15, 0.2) is 0 Å². The van der Waals surface area contributed by atoms with Crippen molar-refractivity contribution in [3.05, 3.63) is 224 Å². The Hall–Kier alpha value is -7.88. The molecule has 0 spiro atoms. The Kier molecular flexibility index (Phi) is 8.49. The Labute approximate surface area is 343 Å². The van der Waals surface area contributed by atoms with Gasteiger partial charge < -0.3 is 4.90 Å².